The smallest absolute Gasteiger partial charge is 0.309 e. The average Bonchev–Trinajstić information content (AvgIpc) is 3.56. The number of aliphatic carboxylic acids is 1. The van der Waals surface area contributed by atoms with E-state index in [1.165, 1.54) is 53.9 Å². The summed E-state index contributed by atoms with van der Waals surface area (Å²) < 4.78 is 44.0. The van der Waals surface area contributed by atoms with Crippen molar-refractivity contribution in [3.63, 3.8) is 0 Å². The fraction of sp³-hybridized carbons (Fsp3) is 0.227. The number of aromatic nitrogens is 1. The average molecular weight is 491 g/mol. The first kappa shape index (κ1) is 22.9. The number of anilines is 1. The lowest BCUT2D eigenvalue weighted by atomic mass is 10.1. The maximum Gasteiger partial charge on any atom is 0.309 e. The second kappa shape index (κ2) is 9.28. The highest BCUT2D eigenvalue weighted by atomic mass is 32.2. The van der Waals surface area contributed by atoms with Gasteiger partial charge in [0.1, 0.15) is 11.6 Å². The Morgan fingerprint density at radius 2 is 1.82 bits per heavy atom. The molecule has 1 aliphatic rings. The number of carboxylic acid groups (broad SMARTS) is 1. The van der Waals surface area contributed by atoms with Crippen LogP contribution in [0.15, 0.2) is 58.8 Å². The molecule has 1 fully saturated rings. The monoisotopic (exact) mass is 490 g/mol. The van der Waals surface area contributed by atoms with Crippen LogP contribution in [0.25, 0.3) is 0 Å². The molecule has 2 N–H and O–H groups in total. The summed E-state index contributed by atoms with van der Waals surface area (Å²) in [4.78, 5) is 28.1. The molecular formula is C22H19FN2O6S2. The van der Waals surface area contributed by atoms with Crippen LogP contribution in [0.5, 0.6) is 5.75 Å². The van der Waals surface area contributed by atoms with Crippen LogP contribution < -0.4 is 10.1 Å². The number of ether oxygens (including phenoxy) is 1. The molecule has 0 bridgehead atoms. The van der Waals surface area contributed by atoms with Crippen LogP contribution in [-0.2, 0) is 25.8 Å². The number of hydrogen-bond donors (Lipinski definition) is 2. The molecule has 0 radical (unpaired) electrons. The van der Waals surface area contributed by atoms with Gasteiger partial charge in [0.05, 0.1) is 22.3 Å². The van der Waals surface area contributed by atoms with E-state index in [0.717, 1.165) is 11.3 Å². The standard InChI is InChI=1S/C22H19FN2O6S2/c23-14-3-5-16(6-4-14)31-20(21(28)25-22-24-15(12-32-22)11-19(26)27)13-1-7-17(8-2-13)33(29,30)18-9-10-18/h1-8,12,18,20H,9-11H2,(H,26,27)(H,24,25,28). The molecule has 1 aliphatic carbocycles. The van der Waals surface area contributed by atoms with Crippen LogP contribution in [0, 0.1) is 5.82 Å². The maximum atomic E-state index is 13.3. The summed E-state index contributed by atoms with van der Waals surface area (Å²) in [7, 11) is -3.39. The van der Waals surface area contributed by atoms with Gasteiger partial charge >= 0.3 is 5.97 Å². The van der Waals surface area contributed by atoms with Crippen molar-refractivity contribution in [3.8, 4) is 5.75 Å². The van der Waals surface area contributed by atoms with Crippen LogP contribution in [0.1, 0.15) is 30.2 Å². The van der Waals surface area contributed by atoms with E-state index in [0.29, 0.717) is 24.1 Å². The van der Waals surface area contributed by atoms with Gasteiger partial charge in [0.15, 0.2) is 15.0 Å². The van der Waals surface area contributed by atoms with Gasteiger partial charge < -0.3 is 9.84 Å². The summed E-state index contributed by atoms with van der Waals surface area (Å²) >= 11 is 1.07. The maximum absolute atomic E-state index is 13.3. The van der Waals surface area contributed by atoms with Gasteiger partial charge in [-0.05, 0) is 49.2 Å². The first-order valence-electron chi connectivity index (χ1n) is 9.95. The van der Waals surface area contributed by atoms with Crippen molar-refractivity contribution in [2.45, 2.75) is 35.5 Å². The van der Waals surface area contributed by atoms with Crippen molar-refractivity contribution < 1.29 is 32.2 Å². The Morgan fingerprint density at radius 1 is 1.15 bits per heavy atom. The Kier molecular flexibility index (Phi) is 6.43. The first-order valence-corrected chi connectivity index (χ1v) is 12.4. The minimum absolute atomic E-state index is 0.174. The highest BCUT2D eigenvalue weighted by Crippen LogP contribution is 2.34. The molecule has 1 atom stereocenters. The van der Waals surface area contributed by atoms with E-state index in [-0.39, 0.29) is 27.4 Å². The molecule has 1 aromatic heterocycles. The van der Waals surface area contributed by atoms with E-state index in [1.54, 1.807) is 0 Å². The largest absolute Gasteiger partial charge is 0.481 e. The number of nitrogens with one attached hydrogen (secondary N) is 1. The predicted octanol–water partition coefficient (Wildman–Crippen LogP) is 3.60. The first-order chi connectivity index (χ1) is 15.7. The van der Waals surface area contributed by atoms with E-state index < -0.39 is 33.6 Å². The number of sulfone groups is 1. The van der Waals surface area contributed by atoms with Gasteiger partial charge in [-0.25, -0.2) is 17.8 Å². The molecule has 0 spiro atoms. The van der Waals surface area contributed by atoms with Crippen LogP contribution in [0.4, 0.5) is 9.52 Å². The Bertz CT molecular complexity index is 1270. The molecular weight excluding hydrogens is 471 g/mol. The molecule has 1 unspecified atom stereocenters. The van der Waals surface area contributed by atoms with E-state index in [9.17, 15) is 22.4 Å². The van der Waals surface area contributed by atoms with Crippen LogP contribution in [0.2, 0.25) is 0 Å². The van der Waals surface area contributed by atoms with Crippen molar-refractivity contribution in [2.75, 3.05) is 5.32 Å². The molecule has 8 nitrogen and oxygen atoms in total. The second-order valence-electron chi connectivity index (χ2n) is 7.47. The summed E-state index contributed by atoms with van der Waals surface area (Å²) in [6, 6.07) is 11.0. The zero-order chi connectivity index (χ0) is 23.6. The van der Waals surface area contributed by atoms with Crippen LogP contribution in [0.3, 0.4) is 0 Å². The summed E-state index contributed by atoms with van der Waals surface area (Å²) in [5, 5.41) is 12.8. The summed E-state index contributed by atoms with van der Waals surface area (Å²) in [5.74, 6) is -1.88. The molecule has 3 aromatic rings. The molecule has 1 amide bonds. The zero-order valence-electron chi connectivity index (χ0n) is 17.1. The molecule has 11 heteroatoms. The Labute approximate surface area is 193 Å². The fourth-order valence-corrected chi connectivity index (χ4v) is 5.47. The third-order valence-electron chi connectivity index (χ3n) is 4.89. The summed E-state index contributed by atoms with van der Waals surface area (Å²) in [6.07, 6.45) is -0.195. The van der Waals surface area contributed by atoms with E-state index >= 15 is 0 Å². The van der Waals surface area contributed by atoms with Crippen molar-refractivity contribution in [3.05, 3.63) is 71.0 Å². The van der Waals surface area contributed by atoms with E-state index in [1.807, 2.05) is 0 Å². The second-order valence-corrected chi connectivity index (χ2v) is 10.6. The molecule has 2 aromatic carbocycles. The minimum atomic E-state index is -3.39. The number of halogens is 1. The SMILES string of the molecule is O=C(O)Cc1csc(NC(=O)C(Oc2ccc(F)cc2)c2ccc(S(=O)(=O)C3CC3)cc2)n1. The number of rotatable bonds is 9. The molecule has 1 saturated carbocycles. The lowest BCUT2D eigenvalue weighted by Crippen LogP contribution is -2.26. The Hall–Kier alpha value is -3.31. The highest BCUT2D eigenvalue weighted by Gasteiger charge is 2.37. The number of amides is 1. The summed E-state index contributed by atoms with van der Waals surface area (Å²) in [5.41, 5.74) is 0.683. The van der Waals surface area contributed by atoms with Crippen LogP contribution >= 0.6 is 11.3 Å². The van der Waals surface area contributed by atoms with Crippen molar-refractivity contribution in [1.82, 2.24) is 4.98 Å². The third kappa shape index (κ3) is 5.55. The van der Waals surface area contributed by atoms with E-state index in [2.05, 4.69) is 10.3 Å². The number of thiazole rings is 1. The lowest BCUT2D eigenvalue weighted by Gasteiger charge is -2.19. The topological polar surface area (TPSA) is 123 Å². The molecule has 33 heavy (non-hydrogen) atoms. The van der Waals surface area contributed by atoms with Gasteiger partial charge in [0.25, 0.3) is 5.91 Å². The number of carbonyl (C=O) groups is 2. The molecule has 0 aliphatic heterocycles. The van der Waals surface area contributed by atoms with Gasteiger partial charge in [0.2, 0.25) is 6.10 Å². The van der Waals surface area contributed by atoms with Gasteiger partial charge in [-0.15, -0.1) is 11.3 Å². The van der Waals surface area contributed by atoms with Crippen molar-refractivity contribution >= 4 is 38.2 Å². The fourth-order valence-electron chi connectivity index (χ4n) is 3.10. The lowest BCUT2D eigenvalue weighted by molar-refractivity contribution is -0.136. The van der Waals surface area contributed by atoms with Crippen molar-refractivity contribution in [2.24, 2.45) is 0 Å². The number of carbonyl (C=O) groups excluding carboxylic acids is 1. The Balaban J connectivity index is 1.58. The van der Waals surface area contributed by atoms with Gasteiger partial charge in [-0.1, -0.05) is 12.1 Å². The van der Waals surface area contributed by atoms with Crippen molar-refractivity contribution in [1.29, 1.82) is 0 Å². The molecule has 4 rings (SSSR count). The number of carboxylic acids is 1. The Morgan fingerprint density at radius 3 is 2.42 bits per heavy atom. The third-order valence-corrected chi connectivity index (χ3v) is 7.98. The number of nitrogens with zero attached hydrogens (tertiary/aromatic N) is 1. The minimum Gasteiger partial charge on any atom is -0.481 e. The van der Waals surface area contributed by atoms with E-state index in [4.69, 9.17) is 9.84 Å². The van der Waals surface area contributed by atoms with Gasteiger partial charge in [-0.3, -0.25) is 14.9 Å². The molecule has 0 saturated heterocycles. The normalized spacial score (nSPS) is 14.5. The van der Waals surface area contributed by atoms with Gasteiger partial charge in [-0.2, -0.15) is 0 Å². The predicted molar refractivity (Wildman–Crippen MR) is 119 cm³/mol. The van der Waals surface area contributed by atoms with Crippen LogP contribution in [-0.4, -0.2) is 35.6 Å². The number of hydrogen-bond acceptors (Lipinski definition) is 7. The molecule has 1 heterocycles. The quantitative estimate of drug-likeness (QED) is 0.470. The summed E-state index contributed by atoms with van der Waals surface area (Å²) in [6.45, 7) is 0. The molecule has 172 valence electrons. The highest BCUT2D eigenvalue weighted by molar-refractivity contribution is 7.92. The zero-order valence-corrected chi connectivity index (χ0v) is 18.7. The van der Waals surface area contributed by atoms with Gasteiger partial charge in [0, 0.05) is 10.9 Å². The number of benzene rings is 2.